The number of nitrogens with one attached hydrogen (secondary N) is 2. The van der Waals surface area contributed by atoms with Crippen LogP contribution < -0.4 is 10.6 Å². The van der Waals surface area contributed by atoms with Crippen molar-refractivity contribution in [1.82, 2.24) is 5.32 Å². The number of carbonyl (C=O) groups excluding carboxylic acids is 2. The van der Waals surface area contributed by atoms with Gasteiger partial charge < -0.3 is 15.7 Å². The van der Waals surface area contributed by atoms with Gasteiger partial charge in [-0.05, 0) is 31.0 Å². The number of hydrogen-bond donors (Lipinski definition) is 3. The standard InChI is InChI=1S/C12H15FN2O3/c1-8-3-4-9(13)10(7-8)15-12(18)11(17)14-5-2-6-16/h3-4,7,16H,2,5-6H2,1H3,(H,14,17)(H,15,18). The first-order valence-electron chi connectivity index (χ1n) is 5.51. The number of halogens is 1. The number of aliphatic hydroxyl groups is 1. The van der Waals surface area contributed by atoms with Gasteiger partial charge in [0.1, 0.15) is 5.82 Å². The lowest BCUT2D eigenvalue weighted by Gasteiger charge is -2.07. The normalized spacial score (nSPS) is 9.94. The second kappa shape index (κ2) is 6.70. The van der Waals surface area contributed by atoms with Crippen molar-refractivity contribution in [3.8, 4) is 0 Å². The molecule has 98 valence electrons. The first-order valence-corrected chi connectivity index (χ1v) is 5.51. The van der Waals surface area contributed by atoms with E-state index in [0.717, 1.165) is 5.56 Å². The number of anilines is 1. The van der Waals surface area contributed by atoms with Gasteiger partial charge in [-0.3, -0.25) is 9.59 Å². The Balaban J connectivity index is 2.58. The maximum Gasteiger partial charge on any atom is 0.313 e. The van der Waals surface area contributed by atoms with Gasteiger partial charge in [0.25, 0.3) is 0 Å². The average Bonchev–Trinajstić information content (AvgIpc) is 2.34. The summed E-state index contributed by atoms with van der Waals surface area (Å²) in [5, 5.41) is 13.0. The number of hydrogen-bond acceptors (Lipinski definition) is 3. The Morgan fingerprint density at radius 2 is 2.06 bits per heavy atom. The number of aliphatic hydroxyl groups excluding tert-OH is 1. The molecule has 0 aromatic heterocycles. The molecule has 0 radical (unpaired) electrons. The number of benzene rings is 1. The van der Waals surface area contributed by atoms with Crippen molar-refractivity contribution in [1.29, 1.82) is 0 Å². The smallest absolute Gasteiger partial charge is 0.313 e. The highest BCUT2D eigenvalue weighted by Gasteiger charge is 2.14. The van der Waals surface area contributed by atoms with Crippen LogP contribution in [0.3, 0.4) is 0 Å². The number of rotatable bonds is 4. The second-order valence-electron chi connectivity index (χ2n) is 3.77. The highest BCUT2D eigenvalue weighted by atomic mass is 19.1. The molecule has 18 heavy (non-hydrogen) atoms. The van der Waals surface area contributed by atoms with Crippen LogP contribution in [0.25, 0.3) is 0 Å². The molecule has 0 aliphatic carbocycles. The quantitative estimate of drug-likeness (QED) is 0.543. The van der Waals surface area contributed by atoms with Gasteiger partial charge >= 0.3 is 11.8 Å². The van der Waals surface area contributed by atoms with E-state index in [1.807, 2.05) is 0 Å². The molecule has 2 amide bonds. The van der Waals surface area contributed by atoms with Crippen molar-refractivity contribution >= 4 is 17.5 Å². The van der Waals surface area contributed by atoms with Crippen LogP contribution in [0.4, 0.5) is 10.1 Å². The van der Waals surface area contributed by atoms with Crippen molar-refractivity contribution in [2.45, 2.75) is 13.3 Å². The maximum absolute atomic E-state index is 13.3. The summed E-state index contributed by atoms with van der Waals surface area (Å²) in [6.45, 7) is 1.86. The van der Waals surface area contributed by atoms with E-state index in [1.54, 1.807) is 13.0 Å². The van der Waals surface area contributed by atoms with Crippen molar-refractivity contribution in [3.63, 3.8) is 0 Å². The zero-order valence-electron chi connectivity index (χ0n) is 10.00. The molecule has 0 bridgehead atoms. The Kier molecular flexibility index (Phi) is 5.26. The Bertz CT molecular complexity index is 449. The first-order chi connectivity index (χ1) is 8.54. The lowest BCUT2D eigenvalue weighted by Crippen LogP contribution is -2.36. The minimum atomic E-state index is -0.933. The van der Waals surface area contributed by atoms with Crippen molar-refractivity contribution in [3.05, 3.63) is 29.6 Å². The summed E-state index contributed by atoms with van der Waals surface area (Å²) < 4.78 is 13.3. The summed E-state index contributed by atoms with van der Waals surface area (Å²) in [4.78, 5) is 22.7. The van der Waals surface area contributed by atoms with E-state index in [-0.39, 0.29) is 18.8 Å². The Morgan fingerprint density at radius 3 is 2.72 bits per heavy atom. The van der Waals surface area contributed by atoms with Crippen LogP contribution in [0.2, 0.25) is 0 Å². The summed E-state index contributed by atoms with van der Waals surface area (Å²) in [6, 6.07) is 4.22. The lowest BCUT2D eigenvalue weighted by molar-refractivity contribution is -0.136. The van der Waals surface area contributed by atoms with Gasteiger partial charge in [-0.2, -0.15) is 0 Å². The summed E-state index contributed by atoms with van der Waals surface area (Å²) in [7, 11) is 0. The molecule has 0 unspecified atom stereocenters. The minimum Gasteiger partial charge on any atom is -0.396 e. The van der Waals surface area contributed by atoms with Crippen LogP contribution >= 0.6 is 0 Å². The fourth-order valence-corrected chi connectivity index (χ4v) is 1.28. The zero-order valence-corrected chi connectivity index (χ0v) is 10.00. The van der Waals surface area contributed by atoms with E-state index in [9.17, 15) is 14.0 Å². The summed E-state index contributed by atoms with van der Waals surface area (Å²) in [5.41, 5.74) is 0.740. The van der Waals surface area contributed by atoms with E-state index in [4.69, 9.17) is 5.11 Å². The molecular formula is C12H15FN2O3. The molecule has 0 saturated carbocycles. The fourth-order valence-electron chi connectivity index (χ4n) is 1.28. The van der Waals surface area contributed by atoms with E-state index >= 15 is 0 Å². The molecule has 0 spiro atoms. The van der Waals surface area contributed by atoms with Gasteiger partial charge in [-0.15, -0.1) is 0 Å². The van der Waals surface area contributed by atoms with Crippen LogP contribution in [-0.4, -0.2) is 30.1 Å². The van der Waals surface area contributed by atoms with E-state index in [0.29, 0.717) is 6.42 Å². The molecule has 6 heteroatoms. The average molecular weight is 254 g/mol. The van der Waals surface area contributed by atoms with Crippen LogP contribution in [0, 0.1) is 12.7 Å². The molecule has 0 fully saturated rings. The van der Waals surface area contributed by atoms with Gasteiger partial charge in [0.2, 0.25) is 0 Å². The Hall–Kier alpha value is -1.95. The maximum atomic E-state index is 13.3. The third-order valence-electron chi connectivity index (χ3n) is 2.20. The summed E-state index contributed by atoms with van der Waals surface area (Å²) in [6.07, 6.45) is 0.359. The monoisotopic (exact) mass is 254 g/mol. The Morgan fingerprint density at radius 1 is 1.33 bits per heavy atom. The lowest BCUT2D eigenvalue weighted by atomic mass is 10.2. The van der Waals surface area contributed by atoms with E-state index < -0.39 is 17.6 Å². The second-order valence-corrected chi connectivity index (χ2v) is 3.77. The molecule has 1 rings (SSSR count). The van der Waals surface area contributed by atoms with Crippen LogP contribution in [0.15, 0.2) is 18.2 Å². The van der Waals surface area contributed by atoms with E-state index in [1.165, 1.54) is 12.1 Å². The predicted molar refractivity (Wildman–Crippen MR) is 64.5 cm³/mol. The Labute approximate surface area is 104 Å². The van der Waals surface area contributed by atoms with Gasteiger partial charge in [0.05, 0.1) is 5.69 Å². The van der Waals surface area contributed by atoms with E-state index in [2.05, 4.69) is 10.6 Å². The SMILES string of the molecule is Cc1ccc(F)c(NC(=O)C(=O)NCCCO)c1. The molecule has 1 aromatic rings. The number of amides is 2. The molecule has 3 N–H and O–H groups in total. The molecular weight excluding hydrogens is 239 g/mol. The molecule has 0 atom stereocenters. The van der Waals surface area contributed by atoms with Gasteiger partial charge in [0.15, 0.2) is 0 Å². The summed E-state index contributed by atoms with van der Waals surface area (Å²) in [5.74, 6) is -2.39. The van der Waals surface area contributed by atoms with Gasteiger partial charge in [-0.25, -0.2) is 4.39 Å². The first kappa shape index (κ1) is 14.1. The fraction of sp³-hybridized carbons (Fsp3) is 0.333. The molecule has 1 aromatic carbocycles. The number of carbonyl (C=O) groups is 2. The highest BCUT2D eigenvalue weighted by molar-refractivity contribution is 6.39. The van der Waals surface area contributed by atoms with Gasteiger partial charge in [0, 0.05) is 13.2 Å². The predicted octanol–water partition coefficient (Wildman–Crippen LogP) is 0.571. The van der Waals surface area contributed by atoms with Gasteiger partial charge in [-0.1, -0.05) is 6.07 Å². The molecule has 0 aliphatic heterocycles. The topological polar surface area (TPSA) is 78.4 Å². The molecule has 0 heterocycles. The largest absolute Gasteiger partial charge is 0.396 e. The van der Waals surface area contributed by atoms with Crippen LogP contribution in [0.5, 0.6) is 0 Å². The van der Waals surface area contributed by atoms with Crippen molar-refractivity contribution < 1.29 is 19.1 Å². The van der Waals surface area contributed by atoms with Crippen LogP contribution in [0.1, 0.15) is 12.0 Å². The molecule has 5 nitrogen and oxygen atoms in total. The summed E-state index contributed by atoms with van der Waals surface area (Å²) >= 11 is 0. The third-order valence-corrected chi connectivity index (χ3v) is 2.20. The minimum absolute atomic E-state index is 0.0303. The van der Waals surface area contributed by atoms with Crippen molar-refractivity contribution in [2.75, 3.05) is 18.5 Å². The van der Waals surface area contributed by atoms with Crippen LogP contribution in [-0.2, 0) is 9.59 Å². The molecule has 0 saturated heterocycles. The zero-order chi connectivity index (χ0) is 13.5. The molecule has 0 aliphatic rings. The number of aryl methyl sites for hydroxylation is 1. The third kappa shape index (κ3) is 4.14. The van der Waals surface area contributed by atoms with Crippen molar-refractivity contribution in [2.24, 2.45) is 0 Å². The highest BCUT2D eigenvalue weighted by Crippen LogP contribution is 2.15.